The molecule has 1 atom stereocenters. The number of carbonyl (C=O) groups is 2. The zero-order chi connectivity index (χ0) is 21.5. The second-order valence-electron chi connectivity index (χ2n) is 8.60. The molecule has 2 fully saturated rings. The fourth-order valence-electron chi connectivity index (χ4n) is 4.54. The van der Waals surface area contributed by atoms with Crippen LogP contribution in [0.2, 0.25) is 0 Å². The van der Waals surface area contributed by atoms with Crippen LogP contribution in [0, 0.1) is 6.92 Å². The van der Waals surface area contributed by atoms with Crippen molar-refractivity contribution in [2.75, 3.05) is 20.1 Å². The third-order valence-corrected chi connectivity index (χ3v) is 6.43. The van der Waals surface area contributed by atoms with Gasteiger partial charge in [0.15, 0.2) is 0 Å². The van der Waals surface area contributed by atoms with Crippen LogP contribution in [0.5, 0.6) is 0 Å². The highest BCUT2D eigenvalue weighted by Gasteiger charge is 2.33. The Kier molecular flexibility index (Phi) is 4.96. The monoisotopic (exact) mass is 418 g/mol. The summed E-state index contributed by atoms with van der Waals surface area (Å²) in [4.78, 5) is 32.4. The summed E-state index contributed by atoms with van der Waals surface area (Å²) in [6, 6.07) is 9.55. The largest absolute Gasteiger partial charge is 0.355 e. The quantitative estimate of drug-likeness (QED) is 0.696. The van der Waals surface area contributed by atoms with Crippen LogP contribution in [0.1, 0.15) is 75.2 Å². The Morgan fingerprint density at radius 1 is 1.13 bits per heavy atom. The van der Waals surface area contributed by atoms with Gasteiger partial charge < -0.3 is 14.7 Å². The molecule has 7 heteroatoms. The minimum atomic E-state index is -0.164. The van der Waals surface area contributed by atoms with Crippen LogP contribution in [0.3, 0.4) is 0 Å². The van der Waals surface area contributed by atoms with Gasteiger partial charge in [-0.25, -0.2) is 4.98 Å². The third-order valence-electron chi connectivity index (χ3n) is 6.43. The van der Waals surface area contributed by atoms with Crippen LogP contribution < -0.4 is 5.32 Å². The highest BCUT2D eigenvalue weighted by molar-refractivity contribution is 6.06. The summed E-state index contributed by atoms with van der Waals surface area (Å²) in [5.41, 5.74) is 4.31. The van der Waals surface area contributed by atoms with Crippen molar-refractivity contribution in [2.45, 2.75) is 44.4 Å². The van der Waals surface area contributed by atoms with Crippen LogP contribution in [-0.4, -0.2) is 47.0 Å². The van der Waals surface area contributed by atoms with E-state index in [-0.39, 0.29) is 17.7 Å². The Hall–Kier alpha value is -3.22. The van der Waals surface area contributed by atoms with Crippen molar-refractivity contribution in [1.29, 1.82) is 0 Å². The van der Waals surface area contributed by atoms with Crippen LogP contribution in [0.25, 0.3) is 11.1 Å². The molecule has 31 heavy (non-hydrogen) atoms. The van der Waals surface area contributed by atoms with Gasteiger partial charge in [-0.1, -0.05) is 23.4 Å². The van der Waals surface area contributed by atoms with E-state index in [2.05, 4.69) is 15.5 Å². The molecule has 160 valence electrons. The van der Waals surface area contributed by atoms with Crippen LogP contribution >= 0.6 is 0 Å². The first kappa shape index (κ1) is 19.7. The zero-order valence-corrected chi connectivity index (χ0v) is 17.9. The minimum Gasteiger partial charge on any atom is -0.355 e. The average molecular weight is 418 g/mol. The van der Waals surface area contributed by atoms with Crippen LogP contribution in [0.15, 0.2) is 34.9 Å². The predicted octanol–water partition coefficient (Wildman–Crippen LogP) is 3.79. The topological polar surface area (TPSA) is 88.3 Å². The first-order chi connectivity index (χ1) is 15.1. The predicted molar refractivity (Wildman–Crippen MR) is 116 cm³/mol. The maximum Gasteiger partial charge on any atom is 0.259 e. The van der Waals surface area contributed by atoms with Gasteiger partial charge in [0.05, 0.1) is 16.6 Å². The maximum absolute atomic E-state index is 13.2. The fraction of sp³-hybridized carbons (Fsp3) is 0.417. The number of rotatable bonds is 4. The molecule has 1 unspecified atom stereocenters. The molecule has 2 aromatic heterocycles. The van der Waals surface area contributed by atoms with Crippen molar-refractivity contribution in [2.24, 2.45) is 0 Å². The summed E-state index contributed by atoms with van der Waals surface area (Å²) >= 11 is 0. The molecule has 3 aromatic rings. The first-order valence-corrected chi connectivity index (χ1v) is 10.9. The van der Waals surface area contributed by atoms with Gasteiger partial charge in [-0.2, -0.15) is 0 Å². The lowest BCUT2D eigenvalue weighted by Gasteiger charge is -2.32. The van der Waals surface area contributed by atoms with Gasteiger partial charge >= 0.3 is 0 Å². The van der Waals surface area contributed by atoms with Crippen molar-refractivity contribution in [3.63, 3.8) is 0 Å². The second kappa shape index (κ2) is 7.80. The number of hydrogen-bond donors (Lipinski definition) is 1. The van der Waals surface area contributed by atoms with Crippen molar-refractivity contribution in [3.8, 4) is 0 Å². The van der Waals surface area contributed by atoms with Gasteiger partial charge in [-0.15, -0.1) is 0 Å². The van der Waals surface area contributed by atoms with Crippen molar-refractivity contribution in [3.05, 3.63) is 58.4 Å². The number of nitrogens with zero attached hydrogens (tertiary/aromatic N) is 3. The summed E-state index contributed by atoms with van der Waals surface area (Å²) in [6.45, 7) is 3.22. The molecule has 0 radical (unpaired) electrons. The smallest absolute Gasteiger partial charge is 0.259 e. The van der Waals surface area contributed by atoms with E-state index in [1.165, 1.54) is 0 Å². The Morgan fingerprint density at radius 2 is 1.94 bits per heavy atom. The molecule has 3 heterocycles. The van der Waals surface area contributed by atoms with Gasteiger partial charge in [0.2, 0.25) is 0 Å². The highest BCUT2D eigenvalue weighted by atomic mass is 16.5. The van der Waals surface area contributed by atoms with Gasteiger partial charge in [-0.05, 0) is 50.3 Å². The number of nitrogens with one attached hydrogen (secondary N) is 1. The minimum absolute atomic E-state index is 0.0000468. The number of piperidine rings is 1. The van der Waals surface area contributed by atoms with E-state index < -0.39 is 0 Å². The molecule has 2 amide bonds. The Balaban J connectivity index is 1.49. The molecule has 1 saturated carbocycles. The lowest BCUT2D eigenvalue weighted by molar-refractivity contribution is 0.0704. The summed E-state index contributed by atoms with van der Waals surface area (Å²) < 4.78 is 5.61. The van der Waals surface area contributed by atoms with Gasteiger partial charge in [0.1, 0.15) is 0 Å². The SMILES string of the molecule is CNC(=O)c1cc(C2CC2)nc2onc(C3CCCN(C(=O)c4ccccc4C)C3)c12. The molecule has 0 bridgehead atoms. The summed E-state index contributed by atoms with van der Waals surface area (Å²) in [5, 5.41) is 7.76. The van der Waals surface area contributed by atoms with Crippen molar-refractivity contribution >= 4 is 22.9 Å². The van der Waals surface area contributed by atoms with E-state index in [9.17, 15) is 9.59 Å². The normalized spacial score (nSPS) is 18.9. The van der Waals surface area contributed by atoms with Crippen molar-refractivity contribution < 1.29 is 14.1 Å². The fourth-order valence-corrected chi connectivity index (χ4v) is 4.54. The Morgan fingerprint density at radius 3 is 2.68 bits per heavy atom. The molecular weight excluding hydrogens is 392 g/mol. The van der Waals surface area contributed by atoms with Crippen LogP contribution in [-0.2, 0) is 0 Å². The number of fused-ring (bicyclic) bond motifs is 1. The summed E-state index contributed by atoms with van der Waals surface area (Å²) in [7, 11) is 1.63. The van der Waals surface area contributed by atoms with Crippen molar-refractivity contribution in [1.82, 2.24) is 20.4 Å². The standard InChI is InChI=1S/C24H26N4O3/c1-14-6-3-4-8-17(14)24(30)28-11-5-7-16(13-28)21-20-18(22(29)25-2)12-19(15-9-10-15)26-23(20)31-27-21/h3-4,6,8,12,15-16H,5,7,9-11,13H2,1-2H3,(H,25,29). The molecule has 0 spiro atoms. The van der Waals surface area contributed by atoms with Gasteiger partial charge in [-0.3, -0.25) is 9.59 Å². The van der Waals surface area contributed by atoms with E-state index >= 15 is 0 Å². The number of likely N-dealkylation sites (tertiary alicyclic amines) is 1. The molecule has 1 N–H and O–H groups in total. The van der Waals surface area contributed by atoms with E-state index in [1.807, 2.05) is 42.2 Å². The average Bonchev–Trinajstić information content (AvgIpc) is 3.57. The number of aromatic nitrogens is 2. The number of pyridine rings is 1. The maximum atomic E-state index is 13.2. The van der Waals surface area contributed by atoms with E-state index in [0.29, 0.717) is 35.7 Å². The molecule has 2 aliphatic rings. The number of hydrogen-bond acceptors (Lipinski definition) is 5. The second-order valence-corrected chi connectivity index (χ2v) is 8.60. The summed E-state index contributed by atoms with van der Waals surface area (Å²) in [6.07, 6.45) is 3.94. The number of aryl methyl sites for hydroxylation is 1. The highest BCUT2D eigenvalue weighted by Crippen LogP contribution is 2.41. The lowest BCUT2D eigenvalue weighted by atomic mass is 9.91. The van der Waals surface area contributed by atoms with Gasteiger partial charge in [0.25, 0.3) is 17.5 Å². The van der Waals surface area contributed by atoms with E-state index in [0.717, 1.165) is 48.2 Å². The number of amides is 2. The Labute approximate surface area is 180 Å². The number of carbonyl (C=O) groups excluding carboxylic acids is 2. The molecular formula is C24H26N4O3. The first-order valence-electron chi connectivity index (χ1n) is 10.9. The van der Waals surface area contributed by atoms with E-state index in [4.69, 9.17) is 4.52 Å². The third kappa shape index (κ3) is 3.58. The molecule has 7 nitrogen and oxygen atoms in total. The molecule has 1 aromatic carbocycles. The van der Waals surface area contributed by atoms with Gasteiger partial charge in [0, 0.05) is 43.2 Å². The molecule has 1 saturated heterocycles. The zero-order valence-electron chi connectivity index (χ0n) is 17.9. The summed E-state index contributed by atoms with van der Waals surface area (Å²) in [5.74, 6) is 0.275. The molecule has 1 aliphatic carbocycles. The van der Waals surface area contributed by atoms with Crippen LogP contribution in [0.4, 0.5) is 0 Å². The van der Waals surface area contributed by atoms with E-state index in [1.54, 1.807) is 7.05 Å². The Bertz CT molecular complexity index is 1160. The number of benzene rings is 1. The molecule has 1 aliphatic heterocycles. The lowest BCUT2D eigenvalue weighted by Crippen LogP contribution is -2.39. The molecule has 5 rings (SSSR count).